The van der Waals surface area contributed by atoms with E-state index < -0.39 is 11.6 Å². The first-order valence-corrected chi connectivity index (χ1v) is 6.87. The summed E-state index contributed by atoms with van der Waals surface area (Å²) in [6.07, 6.45) is 1.82. The zero-order valence-electron chi connectivity index (χ0n) is 11.7. The van der Waals surface area contributed by atoms with Gasteiger partial charge in [-0.15, -0.1) is 0 Å². The van der Waals surface area contributed by atoms with Crippen molar-refractivity contribution in [3.8, 4) is 11.3 Å². The quantitative estimate of drug-likeness (QED) is 0.859. The van der Waals surface area contributed by atoms with Crippen LogP contribution in [0.1, 0.15) is 26.0 Å². The van der Waals surface area contributed by atoms with Crippen molar-refractivity contribution in [1.82, 2.24) is 5.32 Å². The highest BCUT2D eigenvalue weighted by atomic mass is 19.1. The molecule has 1 heterocycles. The summed E-state index contributed by atoms with van der Waals surface area (Å²) in [4.78, 5) is 0. The lowest BCUT2D eigenvalue weighted by atomic mass is 10.1. The lowest BCUT2D eigenvalue weighted by Crippen LogP contribution is -2.28. The first-order valence-electron chi connectivity index (χ1n) is 6.87. The number of rotatable bonds is 6. The van der Waals surface area contributed by atoms with Gasteiger partial charge in [0.1, 0.15) is 23.2 Å². The minimum atomic E-state index is -0.608. The Balaban J connectivity index is 2.08. The van der Waals surface area contributed by atoms with Crippen molar-refractivity contribution >= 4 is 0 Å². The topological polar surface area (TPSA) is 25.2 Å². The van der Waals surface area contributed by atoms with E-state index in [1.165, 1.54) is 12.1 Å². The van der Waals surface area contributed by atoms with Crippen LogP contribution in [0.25, 0.3) is 11.3 Å². The highest BCUT2D eigenvalue weighted by Crippen LogP contribution is 2.26. The smallest absolute Gasteiger partial charge is 0.137 e. The molecule has 0 amide bonds. The molecule has 0 saturated carbocycles. The van der Waals surface area contributed by atoms with Gasteiger partial charge in [-0.3, -0.25) is 0 Å². The van der Waals surface area contributed by atoms with Gasteiger partial charge in [0.05, 0.1) is 5.56 Å². The van der Waals surface area contributed by atoms with Crippen LogP contribution in [0.15, 0.2) is 34.7 Å². The Labute approximate surface area is 117 Å². The molecule has 0 aliphatic rings. The largest absolute Gasteiger partial charge is 0.461 e. The standard InChI is InChI=1S/C16H19F2NO/c1-3-8-19-11(2)9-13-5-7-16(20-13)14-6-4-12(17)10-15(14)18/h4-7,10-11,19H,3,8-9H2,1-2H3. The molecule has 2 rings (SSSR count). The Morgan fingerprint density at radius 3 is 2.70 bits per heavy atom. The molecule has 0 spiro atoms. The summed E-state index contributed by atoms with van der Waals surface area (Å²) in [6, 6.07) is 7.34. The van der Waals surface area contributed by atoms with Crippen molar-refractivity contribution in [2.45, 2.75) is 32.7 Å². The summed E-state index contributed by atoms with van der Waals surface area (Å²) in [5.41, 5.74) is 0.284. The predicted octanol–water partition coefficient (Wildman–Crippen LogP) is 4.16. The molecule has 1 aromatic carbocycles. The molecular weight excluding hydrogens is 260 g/mol. The SMILES string of the molecule is CCCNC(C)Cc1ccc(-c2ccc(F)cc2F)o1. The molecule has 2 aromatic rings. The van der Waals surface area contributed by atoms with Gasteiger partial charge >= 0.3 is 0 Å². The van der Waals surface area contributed by atoms with E-state index in [1.54, 1.807) is 6.07 Å². The molecule has 2 nitrogen and oxygen atoms in total. The van der Waals surface area contributed by atoms with E-state index in [2.05, 4.69) is 19.2 Å². The van der Waals surface area contributed by atoms with E-state index in [0.29, 0.717) is 11.8 Å². The zero-order valence-corrected chi connectivity index (χ0v) is 11.7. The van der Waals surface area contributed by atoms with Crippen LogP contribution in [0, 0.1) is 11.6 Å². The maximum Gasteiger partial charge on any atom is 0.137 e. The third-order valence-electron chi connectivity index (χ3n) is 3.11. The van der Waals surface area contributed by atoms with E-state index in [-0.39, 0.29) is 5.56 Å². The molecule has 1 unspecified atom stereocenters. The Hall–Kier alpha value is -1.68. The monoisotopic (exact) mass is 279 g/mol. The normalized spacial score (nSPS) is 12.6. The molecule has 0 fully saturated rings. The molecule has 108 valence electrons. The maximum atomic E-state index is 13.7. The number of furan rings is 1. The lowest BCUT2D eigenvalue weighted by Gasteiger charge is -2.10. The molecule has 0 bridgehead atoms. The molecule has 1 aromatic heterocycles. The van der Waals surface area contributed by atoms with Gasteiger partial charge in [0.25, 0.3) is 0 Å². The Kier molecular flexibility index (Phi) is 4.90. The minimum Gasteiger partial charge on any atom is -0.461 e. The second-order valence-electron chi connectivity index (χ2n) is 4.95. The van der Waals surface area contributed by atoms with Gasteiger partial charge in [0.2, 0.25) is 0 Å². The summed E-state index contributed by atoms with van der Waals surface area (Å²) in [5, 5.41) is 3.36. The van der Waals surface area contributed by atoms with Gasteiger partial charge in [-0.2, -0.15) is 0 Å². The Morgan fingerprint density at radius 1 is 1.20 bits per heavy atom. The third-order valence-corrected chi connectivity index (χ3v) is 3.11. The Morgan fingerprint density at radius 2 is 2.00 bits per heavy atom. The zero-order chi connectivity index (χ0) is 14.5. The van der Waals surface area contributed by atoms with E-state index in [4.69, 9.17) is 4.42 Å². The summed E-state index contributed by atoms with van der Waals surface area (Å²) >= 11 is 0. The first kappa shape index (κ1) is 14.7. The molecule has 1 N–H and O–H groups in total. The fraction of sp³-hybridized carbons (Fsp3) is 0.375. The van der Waals surface area contributed by atoms with E-state index in [0.717, 1.165) is 31.2 Å². The lowest BCUT2D eigenvalue weighted by molar-refractivity contribution is 0.462. The molecule has 0 aliphatic heterocycles. The van der Waals surface area contributed by atoms with Crippen molar-refractivity contribution in [3.05, 3.63) is 47.7 Å². The van der Waals surface area contributed by atoms with Gasteiger partial charge in [-0.25, -0.2) is 8.78 Å². The highest BCUT2D eigenvalue weighted by molar-refractivity contribution is 5.58. The van der Waals surface area contributed by atoms with Gasteiger partial charge in [0.15, 0.2) is 0 Å². The minimum absolute atomic E-state index is 0.284. The van der Waals surface area contributed by atoms with Crippen LogP contribution in [-0.2, 0) is 6.42 Å². The van der Waals surface area contributed by atoms with Crippen LogP contribution in [0.2, 0.25) is 0 Å². The van der Waals surface area contributed by atoms with Gasteiger partial charge in [0, 0.05) is 18.5 Å². The number of halogens is 2. The second kappa shape index (κ2) is 6.66. The number of benzene rings is 1. The summed E-state index contributed by atoms with van der Waals surface area (Å²) < 4.78 is 32.2. The van der Waals surface area contributed by atoms with Crippen LogP contribution in [0.3, 0.4) is 0 Å². The second-order valence-corrected chi connectivity index (χ2v) is 4.95. The van der Waals surface area contributed by atoms with E-state index in [1.807, 2.05) is 6.07 Å². The average molecular weight is 279 g/mol. The van der Waals surface area contributed by atoms with Crippen molar-refractivity contribution in [3.63, 3.8) is 0 Å². The molecule has 1 atom stereocenters. The summed E-state index contributed by atoms with van der Waals surface area (Å²) in [7, 11) is 0. The fourth-order valence-corrected chi connectivity index (χ4v) is 2.09. The van der Waals surface area contributed by atoms with Gasteiger partial charge in [-0.05, 0) is 44.2 Å². The predicted molar refractivity (Wildman–Crippen MR) is 75.5 cm³/mol. The van der Waals surface area contributed by atoms with Crippen molar-refractivity contribution in [2.75, 3.05) is 6.54 Å². The molecule has 4 heteroatoms. The average Bonchev–Trinajstić information content (AvgIpc) is 2.84. The third kappa shape index (κ3) is 3.67. The van der Waals surface area contributed by atoms with Crippen LogP contribution in [0.4, 0.5) is 8.78 Å². The summed E-state index contributed by atoms with van der Waals surface area (Å²) in [6.45, 7) is 5.15. The van der Waals surface area contributed by atoms with Crippen LogP contribution in [0.5, 0.6) is 0 Å². The van der Waals surface area contributed by atoms with Crippen molar-refractivity contribution in [2.24, 2.45) is 0 Å². The van der Waals surface area contributed by atoms with Gasteiger partial charge < -0.3 is 9.73 Å². The molecule has 0 saturated heterocycles. The van der Waals surface area contributed by atoms with E-state index in [9.17, 15) is 8.78 Å². The van der Waals surface area contributed by atoms with Crippen LogP contribution >= 0.6 is 0 Å². The maximum absolute atomic E-state index is 13.7. The van der Waals surface area contributed by atoms with E-state index >= 15 is 0 Å². The summed E-state index contributed by atoms with van der Waals surface area (Å²) in [5.74, 6) is 0.0264. The number of nitrogens with one attached hydrogen (secondary N) is 1. The van der Waals surface area contributed by atoms with Gasteiger partial charge in [-0.1, -0.05) is 6.92 Å². The molecule has 0 aliphatic carbocycles. The van der Waals surface area contributed by atoms with Crippen LogP contribution < -0.4 is 5.32 Å². The first-order chi connectivity index (χ1) is 9.60. The van der Waals surface area contributed by atoms with Crippen LogP contribution in [-0.4, -0.2) is 12.6 Å². The number of hydrogen-bond donors (Lipinski definition) is 1. The molecule has 0 radical (unpaired) electrons. The van der Waals surface area contributed by atoms with Crippen molar-refractivity contribution < 1.29 is 13.2 Å². The van der Waals surface area contributed by atoms with Crippen molar-refractivity contribution in [1.29, 1.82) is 0 Å². The Bertz CT molecular complexity index is 565. The number of hydrogen-bond acceptors (Lipinski definition) is 2. The molecule has 20 heavy (non-hydrogen) atoms. The highest BCUT2D eigenvalue weighted by Gasteiger charge is 2.12. The molecular formula is C16H19F2NO. The fourth-order valence-electron chi connectivity index (χ4n) is 2.09.